The quantitative estimate of drug-likeness (QED) is 0.372. The second-order valence-corrected chi connectivity index (χ2v) is 10.4. The Balaban J connectivity index is 2.29. The van der Waals surface area contributed by atoms with Crippen molar-refractivity contribution in [3.05, 3.63) is 76.3 Å². The molecule has 0 aromatic heterocycles. The van der Waals surface area contributed by atoms with Crippen LogP contribution in [-0.4, -0.2) is 5.60 Å². The van der Waals surface area contributed by atoms with E-state index in [1.807, 2.05) is 69.3 Å². The summed E-state index contributed by atoms with van der Waals surface area (Å²) in [5.41, 5.74) is 10.3. The maximum atomic E-state index is 6.15. The highest BCUT2D eigenvalue weighted by atomic mass is 35.5. The molecule has 0 fully saturated rings. The highest BCUT2D eigenvalue weighted by Crippen LogP contribution is 2.42. The van der Waals surface area contributed by atoms with Crippen molar-refractivity contribution < 1.29 is 4.84 Å². The zero-order valence-corrected chi connectivity index (χ0v) is 19.9. The minimum atomic E-state index is -0.406. The molecule has 3 aromatic rings. The topological polar surface area (TPSA) is 23.3 Å². The third-order valence-electron chi connectivity index (χ3n) is 4.70. The molecule has 0 saturated heterocycles. The Bertz CT molecular complexity index is 944. The molecule has 0 saturated carbocycles. The fourth-order valence-corrected chi connectivity index (χ4v) is 3.30. The van der Waals surface area contributed by atoms with Gasteiger partial charge in [0.05, 0.1) is 5.60 Å². The van der Waals surface area contributed by atoms with Gasteiger partial charge in [0.2, 0.25) is 0 Å². The van der Waals surface area contributed by atoms with Crippen LogP contribution < -0.4 is 5.48 Å². The first-order valence-electron chi connectivity index (χ1n) is 10.0. The molecular formula is C26H28Cl2NO. The van der Waals surface area contributed by atoms with E-state index >= 15 is 0 Å². The third-order valence-corrected chi connectivity index (χ3v) is 5.20. The van der Waals surface area contributed by atoms with Crippen LogP contribution in [0.3, 0.4) is 0 Å². The fourth-order valence-electron chi connectivity index (χ4n) is 3.05. The van der Waals surface area contributed by atoms with Crippen molar-refractivity contribution in [2.24, 2.45) is 0 Å². The molecule has 0 aliphatic rings. The molecule has 2 nitrogen and oxygen atoms in total. The van der Waals surface area contributed by atoms with Crippen LogP contribution in [0.4, 0.5) is 5.69 Å². The lowest BCUT2D eigenvalue weighted by molar-refractivity contribution is -0.0541. The molecule has 0 spiro atoms. The van der Waals surface area contributed by atoms with Crippen LogP contribution in [0, 0.1) is 0 Å². The normalized spacial score (nSPS) is 12.1. The van der Waals surface area contributed by atoms with Crippen molar-refractivity contribution in [2.75, 3.05) is 0 Å². The van der Waals surface area contributed by atoms with E-state index < -0.39 is 5.60 Å². The monoisotopic (exact) mass is 440 g/mol. The lowest BCUT2D eigenvalue weighted by atomic mass is 9.82. The van der Waals surface area contributed by atoms with Crippen LogP contribution in [-0.2, 0) is 10.3 Å². The number of hydrogen-bond acceptors (Lipinski definition) is 1. The molecule has 0 heterocycles. The van der Waals surface area contributed by atoms with E-state index in [4.69, 9.17) is 28.0 Å². The summed E-state index contributed by atoms with van der Waals surface area (Å²) in [4.78, 5) is 5.89. The minimum Gasteiger partial charge on any atom is -0.246 e. The average Bonchev–Trinajstić information content (AvgIpc) is 2.66. The molecular weight excluding hydrogens is 413 g/mol. The summed E-state index contributed by atoms with van der Waals surface area (Å²) in [6.07, 6.45) is 0. The van der Waals surface area contributed by atoms with Gasteiger partial charge in [-0.15, -0.1) is 5.48 Å². The van der Waals surface area contributed by atoms with E-state index in [-0.39, 0.29) is 5.41 Å². The summed E-state index contributed by atoms with van der Waals surface area (Å²) < 4.78 is 0. The Kier molecular flexibility index (Phi) is 6.52. The molecule has 0 unspecified atom stereocenters. The van der Waals surface area contributed by atoms with E-state index in [0.717, 1.165) is 27.9 Å². The van der Waals surface area contributed by atoms with Crippen LogP contribution >= 0.6 is 23.2 Å². The van der Waals surface area contributed by atoms with Gasteiger partial charge in [0.25, 0.3) is 0 Å². The molecule has 0 N–H and O–H groups in total. The third kappa shape index (κ3) is 5.57. The molecule has 0 amide bonds. The van der Waals surface area contributed by atoms with E-state index in [0.29, 0.717) is 10.0 Å². The Morgan fingerprint density at radius 3 is 1.40 bits per heavy atom. The standard InChI is InChI=1S/C26H28Cl2NO/c1-25(2,3)19-15-22(17-7-11-20(27)12-8-17)24(29-30-26(4,5)6)23(16-19)18-9-13-21(28)14-10-18/h7-16H,1-6H3. The summed E-state index contributed by atoms with van der Waals surface area (Å²) in [6, 6.07) is 20.1. The number of benzene rings is 3. The van der Waals surface area contributed by atoms with Gasteiger partial charge in [-0.2, -0.15) is 0 Å². The van der Waals surface area contributed by atoms with E-state index in [1.54, 1.807) is 0 Å². The highest BCUT2D eigenvalue weighted by molar-refractivity contribution is 6.31. The second-order valence-electron chi connectivity index (χ2n) is 9.48. The number of halogens is 2. The summed E-state index contributed by atoms with van der Waals surface area (Å²) in [5, 5.41) is 1.40. The van der Waals surface area contributed by atoms with Crippen molar-refractivity contribution in [1.82, 2.24) is 5.48 Å². The zero-order valence-electron chi connectivity index (χ0n) is 18.4. The van der Waals surface area contributed by atoms with Gasteiger partial charge in [-0.3, -0.25) is 0 Å². The van der Waals surface area contributed by atoms with Crippen molar-refractivity contribution >= 4 is 28.9 Å². The van der Waals surface area contributed by atoms with E-state index in [2.05, 4.69) is 38.4 Å². The van der Waals surface area contributed by atoms with Crippen molar-refractivity contribution in [3.8, 4) is 22.3 Å². The molecule has 0 atom stereocenters. The van der Waals surface area contributed by atoms with Crippen LogP contribution in [0.1, 0.15) is 47.1 Å². The van der Waals surface area contributed by atoms with Crippen molar-refractivity contribution in [3.63, 3.8) is 0 Å². The maximum absolute atomic E-state index is 6.15. The Morgan fingerprint density at radius 1 is 0.667 bits per heavy atom. The van der Waals surface area contributed by atoms with E-state index in [9.17, 15) is 0 Å². The summed E-state index contributed by atoms with van der Waals surface area (Å²) in [5.74, 6) is 0. The molecule has 3 rings (SSSR count). The fraction of sp³-hybridized carbons (Fsp3) is 0.308. The predicted molar refractivity (Wildman–Crippen MR) is 129 cm³/mol. The molecule has 3 aromatic carbocycles. The first-order chi connectivity index (χ1) is 13.9. The van der Waals surface area contributed by atoms with Gasteiger partial charge in [0.1, 0.15) is 5.69 Å². The number of rotatable bonds is 4. The van der Waals surface area contributed by atoms with Gasteiger partial charge in [-0.25, -0.2) is 4.84 Å². The predicted octanol–water partition coefficient (Wildman–Crippen LogP) is 8.59. The molecule has 30 heavy (non-hydrogen) atoms. The summed E-state index contributed by atoms with van der Waals surface area (Å²) >= 11 is 12.3. The van der Waals surface area contributed by atoms with E-state index in [1.165, 1.54) is 5.56 Å². The van der Waals surface area contributed by atoms with Gasteiger partial charge >= 0.3 is 0 Å². The molecule has 157 valence electrons. The Hall–Kier alpha value is -2.00. The molecule has 0 aliphatic carbocycles. The molecule has 4 heteroatoms. The summed E-state index contributed by atoms with van der Waals surface area (Å²) in [7, 11) is 0. The Labute approximate surface area is 190 Å². The first-order valence-corrected chi connectivity index (χ1v) is 10.8. The average molecular weight is 441 g/mol. The highest BCUT2D eigenvalue weighted by Gasteiger charge is 2.23. The SMILES string of the molecule is CC(C)(C)O[N]c1c(-c2ccc(Cl)cc2)cc(C(C)(C)C)cc1-c1ccc(Cl)cc1. The molecule has 1 radical (unpaired) electrons. The van der Waals surface area contributed by atoms with Gasteiger partial charge in [-0.1, -0.05) is 68.2 Å². The largest absolute Gasteiger partial charge is 0.246 e. The number of hydrogen-bond donors (Lipinski definition) is 0. The van der Waals surface area contributed by atoms with Gasteiger partial charge in [0.15, 0.2) is 0 Å². The van der Waals surface area contributed by atoms with Crippen LogP contribution in [0.2, 0.25) is 10.0 Å². The lowest BCUT2D eigenvalue weighted by Crippen LogP contribution is -2.23. The van der Waals surface area contributed by atoms with Gasteiger partial charge < -0.3 is 0 Å². The molecule has 0 bridgehead atoms. The smallest absolute Gasteiger partial charge is 0.106 e. The number of nitrogens with zero attached hydrogens (tertiary/aromatic N) is 1. The first kappa shape index (κ1) is 22.7. The second kappa shape index (κ2) is 8.63. The molecule has 0 aliphatic heterocycles. The van der Waals surface area contributed by atoms with Crippen LogP contribution in [0.5, 0.6) is 0 Å². The van der Waals surface area contributed by atoms with Crippen LogP contribution in [0.25, 0.3) is 22.3 Å². The Morgan fingerprint density at radius 2 is 1.07 bits per heavy atom. The lowest BCUT2D eigenvalue weighted by Gasteiger charge is -2.25. The van der Waals surface area contributed by atoms with Crippen molar-refractivity contribution in [2.45, 2.75) is 52.6 Å². The summed E-state index contributed by atoms with van der Waals surface area (Å²) in [6.45, 7) is 12.6. The maximum Gasteiger partial charge on any atom is 0.106 e. The zero-order chi connectivity index (χ0) is 22.1. The van der Waals surface area contributed by atoms with Gasteiger partial charge in [0, 0.05) is 21.2 Å². The van der Waals surface area contributed by atoms with Gasteiger partial charge in [-0.05, 0) is 79.3 Å². The minimum absolute atomic E-state index is 0.0359. The van der Waals surface area contributed by atoms with Crippen LogP contribution in [0.15, 0.2) is 60.7 Å². The van der Waals surface area contributed by atoms with Crippen molar-refractivity contribution in [1.29, 1.82) is 0 Å².